The molecule has 0 aliphatic rings. The Hall–Kier alpha value is -2.26. The van der Waals surface area contributed by atoms with Crippen LogP contribution in [-0.2, 0) is 0 Å². The van der Waals surface area contributed by atoms with Gasteiger partial charge in [-0.3, -0.25) is 4.79 Å². The molecule has 0 spiro atoms. The smallest absolute Gasteiger partial charge is 0.291 e. The molecular weight excluding hydrogens is 312 g/mol. The molecule has 19 heavy (non-hydrogen) atoms. The minimum absolute atomic E-state index is 0.0841. The summed E-state index contributed by atoms with van der Waals surface area (Å²) in [7, 11) is 0. The Balaban J connectivity index is 2.14. The molecule has 0 radical (unpaired) electrons. The lowest BCUT2D eigenvalue weighted by atomic mass is 10.3. The third-order valence-electron chi connectivity index (χ3n) is 2.22. The zero-order valence-corrected chi connectivity index (χ0v) is 11.3. The molecule has 1 aromatic heterocycles. The number of carbonyl (C=O) groups excluding carboxylic acids is 1. The first kappa shape index (κ1) is 13.2. The third-order valence-corrected chi connectivity index (χ3v) is 2.65. The van der Waals surface area contributed by atoms with Gasteiger partial charge in [0.2, 0.25) is 0 Å². The van der Waals surface area contributed by atoms with Crippen LogP contribution in [0.15, 0.2) is 45.5 Å². The standard InChI is InChI=1S/C13H9BrN2O3/c14-12-6-5-11(19-12)13(17)16-9-3-1-2-4-10(9)18-8-7-15/h1-6H,8H2,(H,16,17). The van der Waals surface area contributed by atoms with E-state index < -0.39 is 5.91 Å². The maximum Gasteiger partial charge on any atom is 0.291 e. The first-order chi connectivity index (χ1) is 9.20. The number of hydrogen-bond donors (Lipinski definition) is 1. The molecule has 0 atom stereocenters. The number of rotatable bonds is 4. The number of hydrogen-bond acceptors (Lipinski definition) is 4. The normalized spacial score (nSPS) is 9.68. The van der Waals surface area contributed by atoms with Gasteiger partial charge >= 0.3 is 0 Å². The lowest BCUT2D eigenvalue weighted by Crippen LogP contribution is -2.12. The van der Waals surface area contributed by atoms with Crippen LogP contribution in [0.4, 0.5) is 5.69 Å². The molecule has 1 aromatic carbocycles. The van der Waals surface area contributed by atoms with Crippen molar-refractivity contribution in [3.63, 3.8) is 0 Å². The molecule has 0 saturated heterocycles. The summed E-state index contributed by atoms with van der Waals surface area (Å²) in [5.74, 6) is 0.226. The van der Waals surface area contributed by atoms with Gasteiger partial charge in [0.15, 0.2) is 17.0 Å². The number of nitriles is 1. The highest BCUT2D eigenvalue weighted by atomic mass is 79.9. The van der Waals surface area contributed by atoms with E-state index >= 15 is 0 Å². The minimum Gasteiger partial charge on any atom is -0.477 e. The van der Waals surface area contributed by atoms with Gasteiger partial charge < -0.3 is 14.5 Å². The van der Waals surface area contributed by atoms with Crippen LogP contribution in [0.1, 0.15) is 10.6 Å². The monoisotopic (exact) mass is 320 g/mol. The van der Waals surface area contributed by atoms with Crippen LogP contribution in [0, 0.1) is 11.3 Å². The van der Waals surface area contributed by atoms with Gasteiger partial charge in [-0.25, -0.2) is 0 Å². The molecule has 2 rings (SSSR count). The maximum atomic E-state index is 11.9. The quantitative estimate of drug-likeness (QED) is 0.938. The number of nitrogens with one attached hydrogen (secondary N) is 1. The molecule has 1 N–H and O–H groups in total. The van der Waals surface area contributed by atoms with Gasteiger partial charge in [0, 0.05) is 0 Å². The molecule has 6 heteroatoms. The number of ether oxygens (including phenoxy) is 1. The van der Waals surface area contributed by atoms with Gasteiger partial charge in [0.05, 0.1) is 5.69 Å². The fourth-order valence-electron chi connectivity index (χ4n) is 1.43. The molecular formula is C13H9BrN2O3. The van der Waals surface area contributed by atoms with E-state index in [1.54, 1.807) is 36.4 Å². The molecule has 0 unspecified atom stereocenters. The topological polar surface area (TPSA) is 75.3 Å². The van der Waals surface area contributed by atoms with Gasteiger partial charge in [-0.05, 0) is 40.2 Å². The highest BCUT2D eigenvalue weighted by Crippen LogP contribution is 2.24. The number of para-hydroxylation sites is 2. The number of anilines is 1. The Labute approximate surface area is 117 Å². The summed E-state index contributed by atoms with van der Waals surface area (Å²) in [5, 5.41) is 11.2. The lowest BCUT2D eigenvalue weighted by molar-refractivity contribution is 0.0995. The Morgan fingerprint density at radius 3 is 2.84 bits per heavy atom. The van der Waals surface area contributed by atoms with Crippen molar-refractivity contribution in [2.45, 2.75) is 0 Å². The van der Waals surface area contributed by atoms with E-state index in [2.05, 4.69) is 21.2 Å². The van der Waals surface area contributed by atoms with Crippen LogP contribution in [0.5, 0.6) is 5.75 Å². The Morgan fingerprint density at radius 1 is 1.37 bits per heavy atom. The highest BCUT2D eigenvalue weighted by molar-refractivity contribution is 9.10. The second-order valence-electron chi connectivity index (χ2n) is 3.50. The van der Waals surface area contributed by atoms with Crippen molar-refractivity contribution in [3.8, 4) is 11.8 Å². The summed E-state index contributed by atoms with van der Waals surface area (Å²) in [6.07, 6.45) is 0. The van der Waals surface area contributed by atoms with E-state index in [1.807, 2.05) is 6.07 Å². The Morgan fingerprint density at radius 2 is 2.16 bits per heavy atom. The fourth-order valence-corrected chi connectivity index (χ4v) is 1.73. The van der Waals surface area contributed by atoms with Crippen LogP contribution in [0.25, 0.3) is 0 Å². The van der Waals surface area contributed by atoms with Gasteiger partial charge in [-0.15, -0.1) is 0 Å². The van der Waals surface area contributed by atoms with Crippen molar-refractivity contribution in [3.05, 3.63) is 46.8 Å². The van der Waals surface area contributed by atoms with Gasteiger partial charge in [-0.1, -0.05) is 12.1 Å². The second-order valence-corrected chi connectivity index (χ2v) is 4.28. The van der Waals surface area contributed by atoms with Gasteiger partial charge in [0.25, 0.3) is 5.91 Å². The summed E-state index contributed by atoms with van der Waals surface area (Å²) in [4.78, 5) is 11.9. The molecule has 2 aromatic rings. The first-order valence-corrected chi connectivity index (χ1v) is 6.15. The van der Waals surface area contributed by atoms with E-state index in [4.69, 9.17) is 14.4 Å². The number of nitrogens with zero attached hydrogens (tertiary/aromatic N) is 1. The van der Waals surface area contributed by atoms with Crippen LogP contribution in [0.3, 0.4) is 0 Å². The number of carbonyl (C=O) groups is 1. The van der Waals surface area contributed by atoms with Crippen LogP contribution >= 0.6 is 15.9 Å². The summed E-state index contributed by atoms with van der Waals surface area (Å²) in [6.45, 7) is -0.0841. The summed E-state index contributed by atoms with van der Waals surface area (Å²) in [5.41, 5.74) is 0.482. The zero-order valence-electron chi connectivity index (χ0n) is 9.72. The highest BCUT2D eigenvalue weighted by Gasteiger charge is 2.13. The lowest BCUT2D eigenvalue weighted by Gasteiger charge is -2.09. The number of halogens is 1. The number of benzene rings is 1. The number of furan rings is 1. The third kappa shape index (κ3) is 3.36. The first-order valence-electron chi connectivity index (χ1n) is 5.36. The van der Waals surface area contributed by atoms with Crippen LogP contribution in [-0.4, -0.2) is 12.5 Å². The van der Waals surface area contributed by atoms with Crippen molar-refractivity contribution in [1.29, 1.82) is 5.26 Å². The summed E-state index contributed by atoms with van der Waals surface area (Å²) < 4.78 is 10.8. The van der Waals surface area contributed by atoms with Crippen LogP contribution in [0.2, 0.25) is 0 Å². The Kier molecular flexibility index (Phi) is 4.21. The molecule has 1 heterocycles. The van der Waals surface area contributed by atoms with Crippen molar-refractivity contribution in [2.75, 3.05) is 11.9 Å². The molecule has 96 valence electrons. The zero-order chi connectivity index (χ0) is 13.7. The molecule has 0 aliphatic carbocycles. The van der Waals surface area contributed by atoms with Crippen LogP contribution < -0.4 is 10.1 Å². The summed E-state index contributed by atoms with van der Waals surface area (Å²) in [6, 6.07) is 11.9. The molecule has 0 aliphatic heterocycles. The van der Waals surface area contributed by atoms with E-state index in [0.29, 0.717) is 16.1 Å². The van der Waals surface area contributed by atoms with Crippen molar-refractivity contribution >= 4 is 27.5 Å². The van der Waals surface area contributed by atoms with E-state index in [9.17, 15) is 4.79 Å². The molecule has 0 saturated carbocycles. The minimum atomic E-state index is -0.390. The number of amides is 1. The largest absolute Gasteiger partial charge is 0.477 e. The second kappa shape index (κ2) is 6.07. The SMILES string of the molecule is N#CCOc1ccccc1NC(=O)c1ccc(Br)o1. The maximum absolute atomic E-state index is 11.9. The predicted octanol–water partition coefficient (Wildman–Crippen LogP) is 3.20. The Bertz CT molecular complexity index is 631. The molecule has 0 fully saturated rings. The average Bonchev–Trinajstić information content (AvgIpc) is 2.84. The molecule has 5 nitrogen and oxygen atoms in total. The molecule has 0 bridgehead atoms. The predicted molar refractivity (Wildman–Crippen MR) is 71.9 cm³/mol. The van der Waals surface area contributed by atoms with Gasteiger partial charge in [0.1, 0.15) is 11.8 Å². The van der Waals surface area contributed by atoms with E-state index in [1.165, 1.54) is 0 Å². The van der Waals surface area contributed by atoms with Crippen molar-refractivity contribution in [2.24, 2.45) is 0 Å². The van der Waals surface area contributed by atoms with Gasteiger partial charge in [-0.2, -0.15) is 5.26 Å². The molecule has 1 amide bonds. The van der Waals surface area contributed by atoms with E-state index in [0.717, 1.165) is 0 Å². The van der Waals surface area contributed by atoms with E-state index in [-0.39, 0.29) is 12.4 Å². The average molecular weight is 321 g/mol. The van der Waals surface area contributed by atoms with Crippen molar-refractivity contribution in [1.82, 2.24) is 0 Å². The summed E-state index contributed by atoms with van der Waals surface area (Å²) >= 11 is 3.13. The fraction of sp³-hybridized carbons (Fsp3) is 0.0769. The van der Waals surface area contributed by atoms with Crippen molar-refractivity contribution < 1.29 is 13.9 Å².